The minimum Gasteiger partial charge on any atom is -0.314 e. The van der Waals surface area contributed by atoms with Gasteiger partial charge in [0.25, 0.3) is 0 Å². The van der Waals surface area contributed by atoms with E-state index in [4.69, 9.17) is 0 Å². The maximum Gasteiger partial charge on any atom is 0.0223 e. The lowest BCUT2D eigenvalue weighted by molar-refractivity contribution is 0.132. The van der Waals surface area contributed by atoms with E-state index >= 15 is 0 Å². The van der Waals surface area contributed by atoms with Gasteiger partial charge in [0.2, 0.25) is 0 Å². The van der Waals surface area contributed by atoms with Gasteiger partial charge in [-0.25, -0.2) is 0 Å². The van der Waals surface area contributed by atoms with Gasteiger partial charge in [-0.15, -0.1) is 0 Å². The Balaban J connectivity index is 2.41. The number of hydrogen-bond donors (Lipinski definition) is 1. The van der Waals surface area contributed by atoms with Crippen molar-refractivity contribution in [2.24, 2.45) is 5.41 Å². The maximum absolute atomic E-state index is 3.65. The van der Waals surface area contributed by atoms with Crippen LogP contribution in [-0.4, -0.2) is 61.7 Å². The molecule has 0 aliphatic carbocycles. The summed E-state index contributed by atoms with van der Waals surface area (Å²) in [6.07, 6.45) is 3.97. The lowest BCUT2D eigenvalue weighted by Crippen LogP contribution is -2.48. The van der Waals surface area contributed by atoms with Crippen LogP contribution in [0.3, 0.4) is 0 Å². The molecule has 0 saturated carbocycles. The third-order valence-corrected chi connectivity index (χ3v) is 4.98. The van der Waals surface area contributed by atoms with E-state index < -0.39 is 0 Å². The average molecular weight is 284 g/mol. The Morgan fingerprint density at radius 1 is 1.35 bits per heavy atom. The highest BCUT2D eigenvalue weighted by Gasteiger charge is 2.29. The Morgan fingerprint density at radius 3 is 2.65 bits per heavy atom. The molecular formula is C17H37N3. The standard InChI is InChI=1S/C17H37N3/c1-7-11-18-15(3)17(4,5)14-19(6)13-16-10-9-12-20(16)8-2/h15-16,18H,7-14H2,1-6H3. The number of hydrogen-bond acceptors (Lipinski definition) is 3. The number of rotatable bonds is 9. The minimum atomic E-state index is 0.319. The van der Waals surface area contributed by atoms with E-state index in [9.17, 15) is 0 Å². The fraction of sp³-hybridized carbons (Fsp3) is 1.00. The molecule has 0 bridgehead atoms. The summed E-state index contributed by atoms with van der Waals surface area (Å²) in [6.45, 7) is 17.7. The topological polar surface area (TPSA) is 18.5 Å². The highest BCUT2D eigenvalue weighted by atomic mass is 15.2. The lowest BCUT2D eigenvalue weighted by Gasteiger charge is -2.38. The van der Waals surface area contributed by atoms with Gasteiger partial charge >= 0.3 is 0 Å². The Labute approximate surface area is 127 Å². The van der Waals surface area contributed by atoms with Crippen LogP contribution in [0.1, 0.15) is 53.9 Å². The van der Waals surface area contributed by atoms with Crippen LogP contribution >= 0.6 is 0 Å². The highest BCUT2D eigenvalue weighted by molar-refractivity contribution is 4.86. The van der Waals surface area contributed by atoms with E-state index in [2.05, 4.69) is 56.8 Å². The van der Waals surface area contributed by atoms with Crippen LogP contribution in [0.2, 0.25) is 0 Å². The second-order valence-electron chi connectivity index (χ2n) is 7.29. The predicted octanol–water partition coefficient (Wildman–Crippen LogP) is 2.82. The summed E-state index contributed by atoms with van der Waals surface area (Å²) in [5.74, 6) is 0. The first kappa shape index (κ1) is 17.9. The van der Waals surface area contributed by atoms with Crippen LogP contribution in [0.4, 0.5) is 0 Å². The van der Waals surface area contributed by atoms with Crippen LogP contribution in [0.15, 0.2) is 0 Å². The molecule has 0 aromatic carbocycles. The van der Waals surface area contributed by atoms with Crippen molar-refractivity contribution in [2.45, 2.75) is 66.0 Å². The molecule has 1 N–H and O–H groups in total. The van der Waals surface area contributed by atoms with Gasteiger partial charge in [-0.2, -0.15) is 0 Å². The molecule has 0 spiro atoms. The van der Waals surface area contributed by atoms with Gasteiger partial charge in [-0.1, -0.05) is 27.7 Å². The molecule has 1 fully saturated rings. The van der Waals surface area contributed by atoms with E-state index in [1.54, 1.807) is 0 Å². The van der Waals surface area contributed by atoms with Gasteiger partial charge in [-0.3, -0.25) is 4.90 Å². The molecule has 1 aliphatic rings. The Kier molecular flexibility index (Phi) is 7.49. The normalized spacial score (nSPS) is 22.6. The first-order valence-electron chi connectivity index (χ1n) is 8.56. The summed E-state index contributed by atoms with van der Waals surface area (Å²) in [5, 5.41) is 3.65. The van der Waals surface area contributed by atoms with Gasteiger partial charge in [0.1, 0.15) is 0 Å². The van der Waals surface area contributed by atoms with E-state index in [0.29, 0.717) is 11.5 Å². The molecule has 1 heterocycles. The molecule has 1 saturated heterocycles. The van der Waals surface area contributed by atoms with Crippen LogP contribution in [0.5, 0.6) is 0 Å². The zero-order valence-corrected chi connectivity index (χ0v) is 14.7. The lowest BCUT2D eigenvalue weighted by atomic mass is 9.84. The van der Waals surface area contributed by atoms with E-state index in [-0.39, 0.29) is 0 Å². The zero-order valence-electron chi connectivity index (χ0n) is 14.7. The summed E-state index contributed by atoms with van der Waals surface area (Å²) >= 11 is 0. The fourth-order valence-corrected chi connectivity index (χ4v) is 3.41. The first-order valence-corrected chi connectivity index (χ1v) is 8.56. The van der Waals surface area contributed by atoms with Crippen LogP contribution < -0.4 is 5.32 Å². The molecule has 20 heavy (non-hydrogen) atoms. The van der Waals surface area contributed by atoms with Crippen molar-refractivity contribution in [1.82, 2.24) is 15.1 Å². The number of nitrogens with one attached hydrogen (secondary N) is 1. The van der Waals surface area contributed by atoms with Crippen LogP contribution in [-0.2, 0) is 0 Å². The summed E-state index contributed by atoms with van der Waals surface area (Å²) in [5.41, 5.74) is 0.319. The number of likely N-dealkylation sites (N-methyl/N-ethyl adjacent to an activating group) is 2. The SMILES string of the molecule is CCCNC(C)C(C)(C)CN(C)CC1CCCN1CC. The van der Waals surface area contributed by atoms with Crippen LogP contribution in [0.25, 0.3) is 0 Å². The molecule has 0 aromatic rings. The summed E-state index contributed by atoms with van der Waals surface area (Å²) in [7, 11) is 2.29. The van der Waals surface area contributed by atoms with Crippen molar-refractivity contribution in [2.75, 3.05) is 39.8 Å². The smallest absolute Gasteiger partial charge is 0.0223 e. The van der Waals surface area contributed by atoms with Gasteiger partial charge < -0.3 is 10.2 Å². The van der Waals surface area contributed by atoms with Crippen molar-refractivity contribution in [3.8, 4) is 0 Å². The zero-order chi connectivity index (χ0) is 15.2. The highest BCUT2D eigenvalue weighted by Crippen LogP contribution is 2.23. The number of nitrogens with zero attached hydrogens (tertiary/aromatic N) is 2. The molecule has 1 rings (SSSR count). The third-order valence-electron chi connectivity index (χ3n) is 4.98. The fourth-order valence-electron chi connectivity index (χ4n) is 3.41. The Hall–Kier alpha value is -0.120. The summed E-state index contributed by atoms with van der Waals surface area (Å²) < 4.78 is 0. The van der Waals surface area contributed by atoms with Gasteiger partial charge in [-0.05, 0) is 58.3 Å². The molecular weight excluding hydrogens is 246 g/mol. The molecule has 2 atom stereocenters. The van der Waals surface area contributed by atoms with Gasteiger partial charge in [0.15, 0.2) is 0 Å². The quantitative estimate of drug-likeness (QED) is 0.702. The Morgan fingerprint density at radius 2 is 2.05 bits per heavy atom. The van der Waals surface area contributed by atoms with Crippen molar-refractivity contribution < 1.29 is 0 Å². The molecule has 3 nitrogen and oxygen atoms in total. The minimum absolute atomic E-state index is 0.319. The second kappa shape index (κ2) is 8.35. The molecule has 0 amide bonds. The van der Waals surface area contributed by atoms with Crippen molar-refractivity contribution >= 4 is 0 Å². The molecule has 3 heteroatoms. The monoisotopic (exact) mass is 283 g/mol. The summed E-state index contributed by atoms with van der Waals surface area (Å²) in [4.78, 5) is 5.19. The van der Waals surface area contributed by atoms with E-state index in [0.717, 1.165) is 12.6 Å². The molecule has 2 unspecified atom stereocenters. The van der Waals surface area contributed by atoms with Crippen LogP contribution in [0, 0.1) is 5.41 Å². The maximum atomic E-state index is 3.65. The van der Waals surface area contributed by atoms with Crippen molar-refractivity contribution in [3.05, 3.63) is 0 Å². The predicted molar refractivity (Wildman–Crippen MR) is 89.3 cm³/mol. The second-order valence-corrected chi connectivity index (χ2v) is 7.29. The Bertz CT molecular complexity index is 265. The molecule has 0 aromatic heterocycles. The largest absolute Gasteiger partial charge is 0.314 e. The summed E-state index contributed by atoms with van der Waals surface area (Å²) in [6, 6.07) is 1.34. The third kappa shape index (κ3) is 5.34. The molecule has 1 aliphatic heterocycles. The van der Waals surface area contributed by atoms with Crippen molar-refractivity contribution in [3.63, 3.8) is 0 Å². The van der Waals surface area contributed by atoms with Gasteiger partial charge in [0.05, 0.1) is 0 Å². The van der Waals surface area contributed by atoms with Crippen molar-refractivity contribution in [1.29, 1.82) is 0 Å². The average Bonchev–Trinajstić information content (AvgIpc) is 2.82. The first-order chi connectivity index (χ1) is 9.40. The molecule has 0 radical (unpaired) electrons. The number of likely N-dealkylation sites (tertiary alicyclic amines) is 1. The molecule has 120 valence electrons. The van der Waals surface area contributed by atoms with E-state index in [1.165, 1.54) is 45.4 Å². The van der Waals surface area contributed by atoms with Gasteiger partial charge in [0, 0.05) is 25.2 Å². The van der Waals surface area contributed by atoms with E-state index in [1.807, 2.05) is 0 Å².